The molecule has 0 amide bonds. The van der Waals surface area contributed by atoms with Crippen LogP contribution in [0.25, 0.3) is 0 Å². The molecule has 106 valence electrons. The Morgan fingerprint density at radius 2 is 1.61 bits per heavy atom. The van der Waals surface area contributed by atoms with Crippen molar-refractivity contribution in [2.75, 3.05) is 20.1 Å². The first-order valence-electron chi connectivity index (χ1n) is 8.25. The van der Waals surface area contributed by atoms with E-state index < -0.39 is 0 Å². The number of hydrogen-bond donors (Lipinski definition) is 1. The first kappa shape index (κ1) is 14.3. The summed E-state index contributed by atoms with van der Waals surface area (Å²) in [5, 5.41) is 3.74. The fourth-order valence-corrected chi connectivity index (χ4v) is 4.00. The lowest BCUT2D eigenvalue weighted by atomic mass is 9.93. The minimum atomic E-state index is 0.779. The molecule has 2 unspecified atom stereocenters. The Balaban J connectivity index is 1.86. The van der Waals surface area contributed by atoms with Gasteiger partial charge in [-0.15, -0.1) is 0 Å². The number of rotatable bonds is 5. The van der Waals surface area contributed by atoms with Crippen LogP contribution < -0.4 is 5.32 Å². The monoisotopic (exact) mass is 252 g/mol. The van der Waals surface area contributed by atoms with Crippen molar-refractivity contribution in [3.05, 3.63) is 0 Å². The highest BCUT2D eigenvalue weighted by atomic mass is 15.1. The van der Waals surface area contributed by atoms with Gasteiger partial charge in [0.2, 0.25) is 0 Å². The largest absolute Gasteiger partial charge is 0.314 e. The average Bonchev–Trinajstić information content (AvgIpc) is 2.82. The van der Waals surface area contributed by atoms with E-state index in [0.717, 1.165) is 24.5 Å². The maximum absolute atomic E-state index is 3.74. The topological polar surface area (TPSA) is 15.3 Å². The van der Waals surface area contributed by atoms with E-state index in [4.69, 9.17) is 0 Å². The number of nitrogens with one attached hydrogen (secondary N) is 1. The third-order valence-corrected chi connectivity index (χ3v) is 5.10. The van der Waals surface area contributed by atoms with Crippen LogP contribution in [0.3, 0.4) is 0 Å². The van der Waals surface area contributed by atoms with Crippen molar-refractivity contribution < 1.29 is 0 Å². The van der Waals surface area contributed by atoms with Gasteiger partial charge in [0.05, 0.1) is 0 Å². The second-order valence-corrected chi connectivity index (χ2v) is 6.44. The molecular formula is C16H32N2. The third-order valence-electron chi connectivity index (χ3n) is 5.10. The lowest BCUT2D eigenvalue weighted by Crippen LogP contribution is -2.43. The Morgan fingerprint density at radius 1 is 0.944 bits per heavy atom. The second kappa shape index (κ2) is 7.49. The molecule has 2 saturated carbocycles. The molecule has 0 spiro atoms. The molecule has 0 bridgehead atoms. The standard InChI is InChI=1S/C16H32N2/c1-3-17-16-12-6-4-5-9-14(16)13-18(2)15-10-7-8-11-15/h14-17H,3-13H2,1-2H3. The van der Waals surface area contributed by atoms with Gasteiger partial charge in [0.25, 0.3) is 0 Å². The van der Waals surface area contributed by atoms with Crippen molar-refractivity contribution in [3.8, 4) is 0 Å². The van der Waals surface area contributed by atoms with Gasteiger partial charge in [-0.05, 0) is 45.2 Å². The fraction of sp³-hybridized carbons (Fsp3) is 1.00. The zero-order valence-electron chi connectivity index (χ0n) is 12.5. The predicted octanol–water partition coefficient (Wildman–Crippen LogP) is 3.42. The summed E-state index contributed by atoms with van der Waals surface area (Å²) in [7, 11) is 2.36. The highest BCUT2D eigenvalue weighted by Gasteiger charge is 2.27. The molecule has 0 saturated heterocycles. The maximum atomic E-state index is 3.74. The predicted molar refractivity (Wildman–Crippen MR) is 78.9 cm³/mol. The lowest BCUT2D eigenvalue weighted by molar-refractivity contribution is 0.178. The molecule has 0 aromatic rings. The van der Waals surface area contributed by atoms with E-state index in [2.05, 4.69) is 24.2 Å². The summed E-state index contributed by atoms with van der Waals surface area (Å²) in [6, 6.07) is 1.66. The Hall–Kier alpha value is -0.0800. The molecule has 2 rings (SSSR count). The van der Waals surface area contributed by atoms with Crippen molar-refractivity contribution >= 4 is 0 Å². The molecule has 0 aromatic carbocycles. The van der Waals surface area contributed by atoms with Crippen LogP contribution in [0.5, 0.6) is 0 Å². The van der Waals surface area contributed by atoms with Crippen molar-refractivity contribution in [2.24, 2.45) is 5.92 Å². The van der Waals surface area contributed by atoms with Gasteiger partial charge in [-0.1, -0.05) is 39.0 Å². The first-order chi connectivity index (χ1) is 8.81. The number of hydrogen-bond acceptors (Lipinski definition) is 2. The Kier molecular flexibility index (Phi) is 5.97. The molecule has 2 atom stereocenters. The van der Waals surface area contributed by atoms with Crippen LogP contribution in [0.4, 0.5) is 0 Å². The van der Waals surface area contributed by atoms with Gasteiger partial charge in [0.1, 0.15) is 0 Å². The van der Waals surface area contributed by atoms with Crippen LogP contribution in [0.2, 0.25) is 0 Å². The average molecular weight is 252 g/mol. The second-order valence-electron chi connectivity index (χ2n) is 6.44. The van der Waals surface area contributed by atoms with Crippen LogP contribution in [-0.2, 0) is 0 Å². The van der Waals surface area contributed by atoms with Crippen molar-refractivity contribution in [1.29, 1.82) is 0 Å². The van der Waals surface area contributed by atoms with Crippen LogP contribution in [-0.4, -0.2) is 37.1 Å². The molecule has 1 N–H and O–H groups in total. The van der Waals surface area contributed by atoms with E-state index in [9.17, 15) is 0 Å². The van der Waals surface area contributed by atoms with Gasteiger partial charge in [-0.25, -0.2) is 0 Å². The van der Waals surface area contributed by atoms with Crippen LogP contribution in [0, 0.1) is 5.92 Å². The maximum Gasteiger partial charge on any atom is 0.0107 e. The molecule has 18 heavy (non-hydrogen) atoms. The van der Waals surface area contributed by atoms with E-state index in [-0.39, 0.29) is 0 Å². The molecule has 0 aliphatic heterocycles. The molecule has 0 radical (unpaired) electrons. The molecule has 2 aliphatic carbocycles. The zero-order valence-corrected chi connectivity index (χ0v) is 12.5. The zero-order chi connectivity index (χ0) is 12.8. The van der Waals surface area contributed by atoms with Gasteiger partial charge in [0.15, 0.2) is 0 Å². The summed E-state index contributed by atoms with van der Waals surface area (Å²) in [5.74, 6) is 0.887. The Bertz CT molecular complexity index is 223. The summed E-state index contributed by atoms with van der Waals surface area (Å²) in [4.78, 5) is 2.67. The highest BCUT2D eigenvalue weighted by molar-refractivity contribution is 4.84. The molecule has 0 heterocycles. The summed E-state index contributed by atoms with van der Waals surface area (Å²) in [5.41, 5.74) is 0. The van der Waals surface area contributed by atoms with Gasteiger partial charge in [-0.2, -0.15) is 0 Å². The molecule has 0 aromatic heterocycles. The van der Waals surface area contributed by atoms with Gasteiger partial charge in [-0.3, -0.25) is 0 Å². The smallest absolute Gasteiger partial charge is 0.0107 e. The molecule has 2 heteroatoms. The van der Waals surface area contributed by atoms with Crippen LogP contribution in [0.1, 0.15) is 64.7 Å². The Labute approximate surface area is 114 Å². The normalized spacial score (nSPS) is 30.8. The van der Waals surface area contributed by atoms with Crippen molar-refractivity contribution in [1.82, 2.24) is 10.2 Å². The highest BCUT2D eigenvalue weighted by Crippen LogP contribution is 2.28. The van der Waals surface area contributed by atoms with Crippen LogP contribution in [0.15, 0.2) is 0 Å². The fourth-order valence-electron chi connectivity index (χ4n) is 4.00. The molecule has 2 fully saturated rings. The van der Waals surface area contributed by atoms with Gasteiger partial charge >= 0.3 is 0 Å². The summed E-state index contributed by atoms with van der Waals surface area (Å²) in [6.45, 7) is 4.71. The molecule has 2 aliphatic rings. The van der Waals surface area contributed by atoms with Gasteiger partial charge < -0.3 is 10.2 Å². The van der Waals surface area contributed by atoms with E-state index >= 15 is 0 Å². The van der Waals surface area contributed by atoms with Crippen LogP contribution >= 0.6 is 0 Å². The lowest BCUT2D eigenvalue weighted by Gasteiger charge is -2.33. The first-order valence-corrected chi connectivity index (χ1v) is 8.25. The summed E-state index contributed by atoms with van der Waals surface area (Å²) in [6.07, 6.45) is 13.0. The van der Waals surface area contributed by atoms with E-state index in [0.29, 0.717) is 0 Å². The van der Waals surface area contributed by atoms with Crippen molar-refractivity contribution in [2.45, 2.75) is 76.8 Å². The minimum Gasteiger partial charge on any atom is -0.314 e. The molecule has 2 nitrogen and oxygen atoms in total. The van der Waals surface area contributed by atoms with Crippen molar-refractivity contribution in [3.63, 3.8) is 0 Å². The third kappa shape index (κ3) is 3.96. The SMILES string of the molecule is CCNC1CCCCCC1CN(C)C1CCCC1. The van der Waals surface area contributed by atoms with Gasteiger partial charge in [0, 0.05) is 18.6 Å². The summed E-state index contributed by atoms with van der Waals surface area (Å²) >= 11 is 0. The van der Waals surface area contributed by atoms with E-state index in [1.165, 1.54) is 64.3 Å². The minimum absolute atomic E-state index is 0.779. The summed E-state index contributed by atoms with van der Waals surface area (Å²) < 4.78 is 0. The number of nitrogens with zero attached hydrogens (tertiary/aromatic N) is 1. The molecular weight excluding hydrogens is 220 g/mol. The quantitative estimate of drug-likeness (QED) is 0.754. The Morgan fingerprint density at radius 3 is 2.33 bits per heavy atom. The van der Waals surface area contributed by atoms with E-state index in [1.54, 1.807) is 0 Å². The van der Waals surface area contributed by atoms with E-state index in [1.807, 2.05) is 0 Å².